The molecule has 0 aliphatic carbocycles. The number of nitrogens with zero attached hydrogens (tertiary/aromatic N) is 2. The van der Waals surface area contributed by atoms with Crippen molar-refractivity contribution < 1.29 is 8.78 Å². The molecule has 0 bridgehead atoms. The van der Waals surface area contributed by atoms with E-state index in [1.807, 2.05) is 6.07 Å². The maximum atomic E-state index is 13.6. The van der Waals surface area contributed by atoms with Crippen molar-refractivity contribution in [2.75, 3.05) is 5.73 Å². The summed E-state index contributed by atoms with van der Waals surface area (Å²) in [5.74, 6) is -0.915. The van der Waals surface area contributed by atoms with Gasteiger partial charge in [-0.3, -0.25) is 4.68 Å². The van der Waals surface area contributed by atoms with Crippen LogP contribution in [0.15, 0.2) is 42.6 Å². The Kier molecular flexibility index (Phi) is 2.67. The zero-order chi connectivity index (χ0) is 13.4. The minimum atomic E-state index is -0.465. The average molecular weight is 259 g/mol. The topological polar surface area (TPSA) is 43.8 Å². The van der Waals surface area contributed by atoms with Crippen LogP contribution >= 0.6 is 0 Å². The van der Waals surface area contributed by atoms with E-state index in [-0.39, 0.29) is 12.1 Å². The van der Waals surface area contributed by atoms with Crippen molar-refractivity contribution in [2.45, 2.75) is 6.54 Å². The Morgan fingerprint density at radius 2 is 1.95 bits per heavy atom. The molecule has 0 aliphatic heterocycles. The lowest BCUT2D eigenvalue weighted by Crippen LogP contribution is -2.04. The molecule has 0 saturated heterocycles. The molecule has 0 amide bonds. The number of rotatable bonds is 2. The Labute approximate surface area is 108 Å². The van der Waals surface area contributed by atoms with Crippen LogP contribution in [0.25, 0.3) is 10.9 Å². The molecule has 2 aromatic carbocycles. The van der Waals surface area contributed by atoms with E-state index >= 15 is 0 Å². The van der Waals surface area contributed by atoms with Gasteiger partial charge in [-0.2, -0.15) is 5.10 Å². The summed E-state index contributed by atoms with van der Waals surface area (Å²) in [4.78, 5) is 0. The van der Waals surface area contributed by atoms with Gasteiger partial charge in [0.05, 0.1) is 18.3 Å². The van der Waals surface area contributed by atoms with Crippen LogP contribution in [0.2, 0.25) is 0 Å². The molecular weight excluding hydrogens is 248 g/mol. The summed E-state index contributed by atoms with van der Waals surface area (Å²) < 4.78 is 28.3. The highest BCUT2D eigenvalue weighted by molar-refractivity contribution is 5.81. The Hall–Kier alpha value is -2.43. The van der Waals surface area contributed by atoms with E-state index in [0.717, 1.165) is 23.0 Å². The summed E-state index contributed by atoms with van der Waals surface area (Å²) in [6, 6.07) is 8.77. The van der Waals surface area contributed by atoms with E-state index in [4.69, 9.17) is 5.73 Å². The molecule has 19 heavy (non-hydrogen) atoms. The highest BCUT2D eigenvalue weighted by Gasteiger charge is 2.08. The van der Waals surface area contributed by atoms with Gasteiger partial charge in [-0.05, 0) is 36.4 Å². The molecule has 0 spiro atoms. The van der Waals surface area contributed by atoms with Gasteiger partial charge in [0.2, 0.25) is 0 Å². The zero-order valence-electron chi connectivity index (χ0n) is 9.98. The second kappa shape index (κ2) is 4.35. The fourth-order valence-corrected chi connectivity index (χ4v) is 2.04. The summed E-state index contributed by atoms with van der Waals surface area (Å²) >= 11 is 0. The third-order valence-corrected chi connectivity index (χ3v) is 3.00. The molecule has 1 heterocycles. The molecule has 96 valence electrons. The first-order valence-electron chi connectivity index (χ1n) is 5.78. The smallest absolute Gasteiger partial charge is 0.128 e. The Balaban J connectivity index is 2.05. The van der Waals surface area contributed by atoms with Crippen LogP contribution in [-0.4, -0.2) is 9.78 Å². The van der Waals surface area contributed by atoms with Gasteiger partial charge in [-0.25, -0.2) is 8.78 Å². The normalized spacial score (nSPS) is 11.1. The van der Waals surface area contributed by atoms with Crippen molar-refractivity contribution in [3.63, 3.8) is 0 Å². The van der Waals surface area contributed by atoms with Crippen molar-refractivity contribution in [1.29, 1.82) is 0 Å². The van der Waals surface area contributed by atoms with Crippen molar-refractivity contribution in [1.82, 2.24) is 9.78 Å². The quantitative estimate of drug-likeness (QED) is 0.719. The number of hydrogen-bond acceptors (Lipinski definition) is 2. The van der Waals surface area contributed by atoms with Gasteiger partial charge in [0.25, 0.3) is 0 Å². The third-order valence-electron chi connectivity index (χ3n) is 3.00. The lowest BCUT2D eigenvalue weighted by Gasteiger charge is -2.06. The van der Waals surface area contributed by atoms with E-state index in [2.05, 4.69) is 5.10 Å². The van der Waals surface area contributed by atoms with E-state index < -0.39 is 11.6 Å². The Bertz CT molecular complexity index is 750. The maximum Gasteiger partial charge on any atom is 0.128 e. The molecular formula is C14H11F2N3. The van der Waals surface area contributed by atoms with E-state index in [9.17, 15) is 8.78 Å². The number of nitrogen functional groups attached to an aromatic ring is 1. The van der Waals surface area contributed by atoms with Crippen LogP contribution < -0.4 is 5.73 Å². The van der Waals surface area contributed by atoms with Crippen LogP contribution in [0.4, 0.5) is 14.5 Å². The highest BCUT2D eigenvalue weighted by Crippen LogP contribution is 2.19. The van der Waals surface area contributed by atoms with Gasteiger partial charge in [0, 0.05) is 16.6 Å². The fraction of sp³-hybridized carbons (Fsp3) is 0.0714. The number of aromatic nitrogens is 2. The summed E-state index contributed by atoms with van der Waals surface area (Å²) in [6.07, 6.45) is 1.67. The molecule has 0 atom stereocenters. The van der Waals surface area contributed by atoms with Crippen LogP contribution in [0.1, 0.15) is 5.56 Å². The highest BCUT2D eigenvalue weighted by atomic mass is 19.1. The molecule has 2 N–H and O–H groups in total. The first-order valence-corrected chi connectivity index (χ1v) is 5.78. The Morgan fingerprint density at radius 3 is 2.79 bits per heavy atom. The number of fused-ring (bicyclic) bond motifs is 1. The molecule has 3 aromatic rings. The van der Waals surface area contributed by atoms with Crippen molar-refractivity contribution >= 4 is 16.6 Å². The maximum absolute atomic E-state index is 13.6. The molecule has 5 heteroatoms. The molecule has 0 saturated carbocycles. The predicted molar refractivity (Wildman–Crippen MR) is 69.6 cm³/mol. The summed E-state index contributed by atoms with van der Waals surface area (Å²) in [7, 11) is 0. The fourth-order valence-electron chi connectivity index (χ4n) is 2.04. The van der Waals surface area contributed by atoms with E-state index in [1.165, 1.54) is 6.07 Å². The van der Waals surface area contributed by atoms with Gasteiger partial charge < -0.3 is 5.73 Å². The number of anilines is 1. The summed E-state index contributed by atoms with van der Waals surface area (Å²) in [5.41, 5.74) is 7.38. The lowest BCUT2D eigenvalue weighted by molar-refractivity contribution is 0.570. The number of hydrogen-bond donors (Lipinski definition) is 1. The molecule has 1 aromatic heterocycles. The molecule has 0 fully saturated rings. The lowest BCUT2D eigenvalue weighted by atomic mass is 10.2. The van der Waals surface area contributed by atoms with Crippen LogP contribution in [0, 0.1) is 11.6 Å². The van der Waals surface area contributed by atoms with Gasteiger partial charge in [-0.15, -0.1) is 0 Å². The third kappa shape index (κ3) is 2.14. The Morgan fingerprint density at radius 1 is 1.11 bits per heavy atom. The van der Waals surface area contributed by atoms with Crippen LogP contribution in [-0.2, 0) is 6.54 Å². The van der Waals surface area contributed by atoms with Gasteiger partial charge in [0.15, 0.2) is 0 Å². The van der Waals surface area contributed by atoms with Crippen molar-refractivity contribution in [2.24, 2.45) is 0 Å². The summed E-state index contributed by atoms with van der Waals surface area (Å²) in [6.45, 7) is 0.163. The molecule has 3 rings (SSSR count). The van der Waals surface area contributed by atoms with E-state index in [0.29, 0.717) is 5.69 Å². The molecule has 0 unspecified atom stereocenters. The minimum Gasteiger partial charge on any atom is -0.399 e. The molecule has 3 nitrogen and oxygen atoms in total. The average Bonchev–Trinajstić information content (AvgIpc) is 2.77. The second-order valence-electron chi connectivity index (χ2n) is 4.36. The van der Waals surface area contributed by atoms with Crippen LogP contribution in [0.5, 0.6) is 0 Å². The second-order valence-corrected chi connectivity index (χ2v) is 4.36. The standard InChI is InChI=1S/C14H11F2N3/c15-11-2-4-13(16)10(5-11)8-19-14-6-12(17)3-1-9(14)7-18-19/h1-7H,8,17H2. The largest absolute Gasteiger partial charge is 0.399 e. The number of benzene rings is 2. The van der Waals surface area contributed by atoms with Crippen molar-refractivity contribution in [3.05, 3.63) is 59.8 Å². The first-order chi connectivity index (χ1) is 9.13. The summed E-state index contributed by atoms with van der Waals surface area (Å²) in [5, 5.41) is 5.08. The number of halogens is 2. The monoisotopic (exact) mass is 259 g/mol. The predicted octanol–water partition coefficient (Wildman–Crippen LogP) is 2.95. The zero-order valence-corrected chi connectivity index (χ0v) is 9.98. The number of nitrogens with two attached hydrogens (primary N) is 1. The molecule has 0 aliphatic rings. The van der Waals surface area contributed by atoms with Crippen molar-refractivity contribution in [3.8, 4) is 0 Å². The first kappa shape index (κ1) is 11.6. The minimum absolute atomic E-state index is 0.163. The SMILES string of the molecule is Nc1ccc2cnn(Cc3cc(F)ccc3F)c2c1. The van der Waals surface area contributed by atoms with Crippen LogP contribution in [0.3, 0.4) is 0 Å². The van der Waals surface area contributed by atoms with E-state index in [1.54, 1.807) is 23.0 Å². The molecule has 0 radical (unpaired) electrons. The van der Waals surface area contributed by atoms with Gasteiger partial charge >= 0.3 is 0 Å². The van der Waals surface area contributed by atoms with Gasteiger partial charge in [-0.1, -0.05) is 0 Å². The van der Waals surface area contributed by atoms with Gasteiger partial charge in [0.1, 0.15) is 11.6 Å².